The number of hydrogen-bond donors (Lipinski definition) is 1. The zero-order valence-electron chi connectivity index (χ0n) is 7.66. The lowest BCUT2D eigenvalue weighted by atomic mass is 9.96. The molecule has 0 spiro atoms. The SMILES string of the molecule is O=c1c2c([nH]n3cnnc13)CCCC2. The van der Waals surface area contributed by atoms with Gasteiger partial charge in [-0.15, -0.1) is 10.2 Å². The van der Waals surface area contributed by atoms with E-state index >= 15 is 0 Å². The third kappa shape index (κ3) is 0.921. The molecular formula is C9H10N4O. The summed E-state index contributed by atoms with van der Waals surface area (Å²) in [7, 11) is 0. The fourth-order valence-electron chi connectivity index (χ4n) is 2.03. The zero-order chi connectivity index (χ0) is 9.54. The monoisotopic (exact) mass is 190 g/mol. The number of aryl methyl sites for hydroxylation is 1. The second-order valence-corrected chi connectivity index (χ2v) is 3.63. The number of aromatic nitrogens is 4. The van der Waals surface area contributed by atoms with Crippen LogP contribution in [0.3, 0.4) is 0 Å². The largest absolute Gasteiger partial charge is 0.295 e. The smallest absolute Gasteiger partial charge is 0.229 e. The maximum absolute atomic E-state index is 11.9. The van der Waals surface area contributed by atoms with Gasteiger partial charge in [-0.3, -0.25) is 9.89 Å². The van der Waals surface area contributed by atoms with Crippen molar-refractivity contribution in [1.29, 1.82) is 0 Å². The molecule has 1 N–H and O–H groups in total. The second-order valence-electron chi connectivity index (χ2n) is 3.63. The number of nitrogens with one attached hydrogen (secondary N) is 1. The highest BCUT2D eigenvalue weighted by Gasteiger charge is 2.16. The maximum Gasteiger partial charge on any atom is 0.229 e. The summed E-state index contributed by atoms with van der Waals surface area (Å²) in [5.74, 6) is 0. The van der Waals surface area contributed by atoms with E-state index in [0.717, 1.165) is 36.9 Å². The number of fused-ring (bicyclic) bond motifs is 2. The summed E-state index contributed by atoms with van der Waals surface area (Å²) >= 11 is 0. The third-order valence-electron chi connectivity index (χ3n) is 2.75. The first kappa shape index (κ1) is 7.73. The topological polar surface area (TPSA) is 63.0 Å². The van der Waals surface area contributed by atoms with E-state index in [1.54, 1.807) is 4.52 Å². The van der Waals surface area contributed by atoms with Gasteiger partial charge in [-0.05, 0) is 25.7 Å². The molecule has 2 aromatic heterocycles. The average Bonchev–Trinajstić information content (AvgIpc) is 2.66. The first-order valence-electron chi connectivity index (χ1n) is 4.80. The molecule has 2 heterocycles. The van der Waals surface area contributed by atoms with Crippen molar-refractivity contribution in [2.45, 2.75) is 25.7 Å². The van der Waals surface area contributed by atoms with Crippen molar-refractivity contribution in [2.24, 2.45) is 0 Å². The van der Waals surface area contributed by atoms with E-state index < -0.39 is 0 Å². The van der Waals surface area contributed by atoms with Gasteiger partial charge in [0.05, 0.1) is 0 Å². The quantitative estimate of drug-likeness (QED) is 0.649. The summed E-state index contributed by atoms with van der Waals surface area (Å²) in [6.45, 7) is 0. The minimum Gasteiger partial charge on any atom is -0.295 e. The van der Waals surface area contributed by atoms with Crippen molar-refractivity contribution in [3.8, 4) is 0 Å². The fraction of sp³-hybridized carbons (Fsp3) is 0.444. The van der Waals surface area contributed by atoms with E-state index in [0.29, 0.717) is 5.65 Å². The Morgan fingerprint density at radius 2 is 2.21 bits per heavy atom. The molecule has 1 aliphatic rings. The average molecular weight is 190 g/mol. The Morgan fingerprint density at radius 1 is 1.36 bits per heavy atom. The Morgan fingerprint density at radius 3 is 3.14 bits per heavy atom. The van der Waals surface area contributed by atoms with Gasteiger partial charge in [0, 0.05) is 11.3 Å². The van der Waals surface area contributed by atoms with E-state index in [2.05, 4.69) is 15.3 Å². The highest BCUT2D eigenvalue weighted by atomic mass is 16.1. The van der Waals surface area contributed by atoms with Crippen molar-refractivity contribution in [3.63, 3.8) is 0 Å². The lowest BCUT2D eigenvalue weighted by Crippen LogP contribution is -2.21. The summed E-state index contributed by atoms with van der Waals surface area (Å²) in [5, 5.41) is 10.7. The number of nitrogens with zero attached hydrogens (tertiary/aromatic N) is 3. The molecule has 0 atom stereocenters. The van der Waals surface area contributed by atoms with Crippen molar-refractivity contribution >= 4 is 5.65 Å². The number of rotatable bonds is 0. The summed E-state index contributed by atoms with van der Waals surface area (Å²) < 4.78 is 1.60. The van der Waals surface area contributed by atoms with E-state index in [1.165, 1.54) is 6.33 Å². The van der Waals surface area contributed by atoms with Gasteiger partial charge in [0.25, 0.3) is 0 Å². The van der Waals surface area contributed by atoms with Crippen molar-refractivity contribution in [1.82, 2.24) is 19.8 Å². The summed E-state index contributed by atoms with van der Waals surface area (Å²) in [6, 6.07) is 0. The van der Waals surface area contributed by atoms with Gasteiger partial charge in [0.2, 0.25) is 11.1 Å². The third-order valence-corrected chi connectivity index (χ3v) is 2.75. The Balaban J connectivity index is 2.42. The fourth-order valence-corrected chi connectivity index (χ4v) is 2.03. The van der Waals surface area contributed by atoms with Crippen LogP contribution < -0.4 is 5.43 Å². The van der Waals surface area contributed by atoms with Gasteiger partial charge in [0.15, 0.2) is 0 Å². The maximum atomic E-state index is 11.9. The van der Waals surface area contributed by atoms with Crippen LogP contribution in [0, 0.1) is 0 Å². The van der Waals surface area contributed by atoms with Crippen LogP contribution in [0.5, 0.6) is 0 Å². The molecule has 0 saturated heterocycles. The van der Waals surface area contributed by atoms with Crippen LogP contribution in [0.1, 0.15) is 24.1 Å². The Hall–Kier alpha value is -1.65. The number of hydrogen-bond acceptors (Lipinski definition) is 3. The second kappa shape index (κ2) is 2.67. The standard InChI is InChI=1S/C9H10N4O/c14-8-6-3-1-2-4-7(6)12-13-5-10-11-9(8)13/h5,12H,1-4H2. The molecule has 0 aliphatic heterocycles. The predicted molar refractivity (Wildman–Crippen MR) is 50.2 cm³/mol. The molecule has 2 aromatic rings. The first-order chi connectivity index (χ1) is 6.86. The molecule has 3 rings (SSSR count). The zero-order valence-corrected chi connectivity index (χ0v) is 7.66. The highest BCUT2D eigenvalue weighted by molar-refractivity contribution is 5.40. The van der Waals surface area contributed by atoms with Gasteiger partial charge in [-0.25, -0.2) is 4.52 Å². The van der Waals surface area contributed by atoms with E-state index in [9.17, 15) is 4.79 Å². The normalized spacial score (nSPS) is 15.7. The van der Waals surface area contributed by atoms with E-state index in [1.807, 2.05) is 0 Å². The van der Waals surface area contributed by atoms with Crippen LogP contribution in [0.2, 0.25) is 0 Å². The van der Waals surface area contributed by atoms with Crippen molar-refractivity contribution in [3.05, 3.63) is 27.8 Å². The van der Waals surface area contributed by atoms with Gasteiger partial charge >= 0.3 is 0 Å². The molecule has 0 radical (unpaired) electrons. The lowest BCUT2D eigenvalue weighted by Gasteiger charge is -2.14. The molecule has 0 bridgehead atoms. The van der Waals surface area contributed by atoms with Crippen molar-refractivity contribution in [2.75, 3.05) is 0 Å². The number of H-pyrrole nitrogens is 1. The molecular weight excluding hydrogens is 180 g/mol. The molecule has 0 unspecified atom stereocenters. The molecule has 0 aromatic carbocycles. The van der Waals surface area contributed by atoms with Crippen molar-refractivity contribution < 1.29 is 0 Å². The Kier molecular flexibility index (Phi) is 1.47. The van der Waals surface area contributed by atoms with E-state index in [4.69, 9.17) is 0 Å². The van der Waals surface area contributed by atoms with Crippen LogP contribution in [0.4, 0.5) is 0 Å². The minimum atomic E-state index is 0.0379. The van der Waals surface area contributed by atoms with Crippen LogP contribution >= 0.6 is 0 Å². The predicted octanol–water partition coefficient (Wildman–Crippen LogP) is 0.296. The van der Waals surface area contributed by atoms with E-state index in [-0.39, 0.29) is 5.43 Å². The lowest BCUT2D eigenvalue weighted by molar-refractivity contribution is 0.644. The van der Waals surface area contributed by atoms with Gasteiger partial charge in [-0.1, -0.05) is 0 Å². The first-order valence-corrected chi connectivity index (χ1v) is 4.80. The summed E-state index contributed by atoms with van der Waals surface area (Å²) in [5.41, 5.74) is 2.40. The molecule has 14 heavy (non-hydrogen) atoms. The van der Waals surface area contributed by atoms with Crippen LogP contribution in [-0.4, -0.2) is 19.8 Å². The summed E-state index contributed by atoms with van der Waals surface area (Å²) in [6.07, 6.45) is 5.61. The van der Waals surface area contributed by atoms with Gasteiger partial charge in [0.1, 0.15) is 6.33 Å². The summed E-state index contributed by atoms with van der Waals surface area (Å²) in [4.78, 5) is 11.9. The van der Waals surface area contributed by atoms with Crippen LogP contribution in [0.15, 0.2) is 11.1 Å². The van der Waals surface area contributed by atoms with Gasteiger partial charge in [-0.2, -0.15) is 0 Å². The van der Waals surface area contributed by atoms with Crippen LogP contribution in [0.25, 0.3) is 5.65 Å². The number of aromatic amines is 1. The molecule has 0 saturated carbocycles. The van der Waals surface area contributed by atoms with Gasteiger partial charge < -0.3 is 0 Å². The Bertz CT molecular complexity index is 539. The molecule has 0 amide bonds. The Labute approximate surface area is 79.8 Å². The molecule has 5 nitrogen and oxygen atoms in total. The molecule has 5 heteroatoms. The van der Waals surface area contributed by atoms with Crippen LogP contribution in [-0.2, 0) is 12.8 Å². The minimum absolute atomic E-state index is 0.0379. The molecule has 72 valence electrons. The molecule has 0 fully saturated rings. The highest BCUT2D eigenvalue weighted by Crippen LogP contribution is 2.15. The molecule has 1 aliphatic carbocycles.